The summed E-state index contributed by atoms with van der Waals surface area (Å²) in [7, 11) is 0. The minimum atomic E-state index is 0.155. The summed E-state index contributed by atoms with van der Waals surface area (Å²) in [6.45, 7) is 12.3. The first-order valence-corrected chi connectivity index (χ1v) is 7.65. The third-order valence-corrected chi connectivity index (χ3v) is 3.44. The topological polar surface area (TPSA) is 34.1 Å². The molecular weight excluding hydrogens is 244 g/mol. The predicted molar refractivity (Wildman–Crippen MR) is 78.2 cm³/mol. The first-order chi connectivity index (χ1) is 8.54. The molecule has 3 nitrogen and oxygen atoms in total. The van der Waals surface area contributed by atoms with E-state index in [2.05, 4.69) is 43.4 Å². The van der Waals surface area contributed by atoms with Crippen molar-refractivity contribution in [3.63, 3.8) is 0 Å². The lowest BCUT2D eigenvalue weighted by Gasteiger charge is -2.14. The highest BCUT2D eigenvalue weighted by atomic mass is 32.1. The minimum Gasteiger partial charge on any atom is -0.381 e. The van der Waals surface area contributed by atoms with Gasteiger partial charge in [-0.05, 0) is 19.4 Å². The second-order valence-corrected chi connectivity index (χ2v) is 6.46. The standard InChI is InChI=1S/C14H26N2OS/c1-5-8-17-9-6-7-15-10-13-16-12(11-18-13)14(2,3)4/h11,15H,5-10H2,1-4H3. The molecule has 0 atom stereocenters. The van der Waals surface area contributed by atoms with Crippen LogP contribution in [0.4, 0.5) is 0 Å². The Kier molecular flexibility index (Phi) is 6.82. The number of nitrogens with one attached hydrogen (secondary N) is 1. The van der Waals surface area contributed by atoms with E-state index in [9.17, 15) is 0 Å². The molecular formula is C14H26N2OS. The van der Waals surface area contributed by atoms with Crippen LogP contribution in [0.1, 0.15) is 51.2 Å². The smallest absolute Gasteiger partial charge is 0.107 e. The van der Waals surface area contributed by atoms with Crippen LogP contribution in [-0.4, -0.2) is 24.7 Å². The van der Waals surface area contributed by atoms with Crippen LogP contribution in [-0.2, 0) is 16.7 Å². The van der Waals surface area contributed by atoms with Crippen molar-refractivity contribution in [3.05, 3.63) is 16.1 Å². The summed E-state index contributed by atoms with van der Waals surface area (Å²) < 4.78 is 5.43. The van der Waals surface area contributed by atoms with Crippen molar-refractivity contribution in [1.29, 1.82) is 0 Å². The molecule has 0 aliphatic heterocycles. The van der Waals surface area contributed by atoms with Gasteiger partial charge in [-0.25, -0.2) is 4.98 Å². The number of hydrogen-bond donors (Lipinski definition) is 1. The molecule has 0 unspecified atom stereocenters. The zero-order chi connectivity index (χ0) is 13.4. The fourth-order valence-electron chi connectivity index (χ4n) is 1.48. The van der Waals surface area contributed by atoms with Crippen LogP contribution >= 0.6 is 11.3 Å². The first-order valence-electron chi connectivity index (χ1n) is 6.77. The summed E-state index contributed by atoms with van der Waals surface area (Å²) in [5.41, 5.74) is 1.35. The van der Waals surface area contributed by atoms with Crippen LogP contribution in [0.15, 0.2) is 5.38 Å². The molecule has 0 radical (unpaired) electrons. The minimum absolute atomic E-state index is 0.155. The molecule has 1 aromatic rings. The van der Waals surface area contributed by atoms with E-state index < -0.39 is 0 Å². The van der Waals surface area contributed by atoms with Gasteiger partial charge in [-0.1, -0.05) is 27.7 Å². The molecule has 0 bridgehead atoms. The van der Waals surface area contributed by atoms with Crippen LogP contribution in [0.5, 0.6) is 0 Å². The van der Waals surface area contributed by atoms with Crippen LogP contribution in [0.3, 0.4) is 0 Å². The summed E-state index contributed by atoms with van der Waals surface area (Å²) in [6.07, 6.45) is 2.17. The van der Waals surface area contributed by atoms with Crippen LogP contribution in [0.25, 0.3) is 0 Å². The van der Waals surface area contributed by atoms with Crippen molar-refractivity contribution < 1.29 is 4.74 Å². The zero-order valence-corrected chi connectivity index (χ0v) is 12.9. The van der Waals surface area contributed by atoms with Crippen molar-refractivity contribution in [3.8, 4) is 0 Å². The molecule has 1 aromatic heterocycles. The van der Waals surface area contributed by atoms with Crippen LogP contribution < -0.4 is 5.32 Å². The molecule has 1 rings (SSSR count). The van der Waals surface area contributed by atoms with E-state index in [4.69, 9.17) is 4.74 Å². The summed E-state index contributed by atoms with van der Waals surface area (Å²) in [5.74, 6) is 0. The second kappa shape index (κ2) is 7.87. The highest BCUT2D eigenvalue weighted by Crippen LogP contribution is 2.23. The SMILES string of the molecule is CCCOCCCNCc1nc(C(C)(C)C)cs1. The van der Waals surface area contributed by atoms with Gasteiger partial charge in [0.25, 0.3) is 0 Å². The van der Waals surface area contributed by atoms with E-state index in [-0.39, 0.29) is 5.41 Å². The van der Waals surface area contributed by atoms with Gasteiger partial charge in [0.05, 0.1) is 5.69 Å². The summed E-state index contributed by atoms with van der Waals surface area (Å²) >= 11 is 1.74. The van der Waals surface area contributed by atoms with Crippen LogP contribution in [0.2, 0.25) is 0 Å². The van der Waals surface area contributed by atoms with Crippen LogP contribution in [0, 0.1) is 0 Å². The van der Waals surface area contributed by atoms with E-state index in [1.807, 2.05) is 0 Å². The van der Waals surface area contributed by atoms with Gasteiger partial charge >= 0.3 is 0 Å². The summed E-state index contributed by atoms with van der Waals surface area (Å²) in [6, 6.07) is 0. The molecule has 0 aromatic carbocycles. The normalized spacial score (nSPS) is 12.0. The number of nitrogens with zero attached hydrogens (tertiary/aromatic N) is 1. The van der Waals surface area contributed by atoms with Crippen molar-refractivity contribution in [2.24, 2.45) is 0 Å². The Morgan fingerprint density at radius 1 is 1.33 bits per heavy atom. The Hall–Kier alpha value is -0.450. The number of ether oxygens (including phenoxy) is 1. The van der Waals surface area contributed by atoms with Gasteiger partial charge in [-0.3, -0.25) is 0 Å². The molecule has 1 N–H and O–H groups in total. The van der Waals surface area contributed by atoms with E-state index >= 15 is 0 Å². The Morgan fingerprint density at radius 2 is 2.11 bits per heavy atom. The Bertz CT molecular complexity index is 331. The number of rotatable bonds is 8. The molecule has 18 heavy (non-hydrogen) atoms. The fraction of sp³-hybridized carbons (Fsp3) is 0.786. The average Bonchev–Trinajstić information content (AvgIpc) is 2.76. The van der Waals surface area contributed by atoms with Crippen molar-refractivity contribution in [1.82, 2.24) is 10.3 Å². The lowest BCUT2D eigenvalue weighted by molar-refractivity contribution is 0.132. The number of aromatic nitrogens is 1. The fourth-order valence-corrected chi connectivity index (χ4v) is 2.47. The second-order valence-electron chi connectivity index (χ2n) is 5.52. The molecule has 0 spiro atoms. The Labute approximate surface area is 115 Å². The maximum Gasteiger partial charge on any atom is 0.107 e. The lowest BCUT2D eigenvalue weighted by Crippen LogP contribution is -2.17. The first kappa shape index (κ1) is 15.6. The average molecular weight is 270 g/mol. The van der Waals surface area contributed by atoms with Gasteiger partial charge in [0.2, 0.25) is 0 Å². The Balaban J connectivity index is 2.14. The third kappa shape index (κ3) is 5.94. The summed E-state index contributed by atoms with van der Waals surface area (Å²) in [4.78, 5) is 4.65. The van der Waals surface area contributed by atoms with Gasteiger partial charge in [-0.2, -0.15) is 0 Å². The molecule has 4 heteroatoms. The molecule has 0 aliphatic rings. The molecule has 0 aliphatic carbocycles. The van der Waals surface area contributed by atoms with E-state index in [0.717, 1.165) is 39.1 Å². The largest absolute Gasteiger partial charge is 0.381 e. The third-order valence-electron chi connectivity index (χ3n) is 2.59. The van der Waals surface area contributed by atoms with Gasteiger partial charge in [-0.15, -0.1) is 11.3 Å². The molecule has 0 amide bonds. The van der Waals surface area contributed by atoms with E-state index in [0.29, 0.717) is 0 Å². The molecule has 1 heterocycles. The van der Waals surface area contributed by atoms with Crippen molar-refractivity contribution in [2.75, 3.05) is 19.8 Å². The molecule has 0 saturated carbocycles. The lowest BCUT2D eigenvalue weighted by atomic mass is 9.93. The Morgan fingerprint density at radius 3 is 2.72 bits per heavy atom. The van der Waals surface area contributed by atoms with Gasteiger partial charge in [0.1, 0.15) is 5.01 Å². The van der Waals surface area contributed by atoms with Gasteiger partial charge in [0, 0.05) is 30.6 Å². The molecule has 0 fully saturated rings. The molecule has 0 saturated heterocycles. The van der Waals surface area contributed by atoms with Crippen molar-refractivity contribution >= 4 is 11.3 Å². The van der Waals surface area contributed by atoms with E-state index in [1.165, 1.54) is 10.7 Å². The number of thiazole rings is 1. The number of hydrogen-bond acceptors (Lipinski definition) is 4. The maximum absolute atomic E-state index is 5.43. The predicted octanol–water partition coefficient (Wildman–Crippen LogP) is 3.35. The van der Waals surface area contributed by atoms with Gasteiger partial charge < -0.3 is 10.1 Å². The summed E-state index contributed by atoms with van der Waals surface area (Å²) in [5, 5.41) is 6.75. The molecule has 104 valence electrons. The highest BCUT2D eigenvalue weighted by molar-refractivity contribution is 7.09. The van der Waals surface area contributed by atoms with Gasteiger partial charge in [0.15, 0.2) is 0 Å². The monoisotopic (exact) mass is 270 g/mol. The zero-order valence-electron chi connectivity index (χ0n) is 12.1. The maximum atomic E-state index is 5.43. The van der Waals surface area contributed by atoms with E-state index in [1.54, 1.807) is 11.3 Å². The quantitative estimate of drug-likeness (QED) is 0.736. The highest BCUT2D eigenvalue weighted by Gasteiger charge is 2.16. The van der Waals surface area contributed by atoms with Crippen molar-refractivity contribution in [2.45, 2.75) is 52.5 Å².